The van der Waals surface area contributed by atoms with Crippen LogP contribution in [-0.4, -0.2) is 19.1 Å². The molecule has 3 N–H and O–H groups in total. The van der Waals surface area contributed by atoms with Crippen molar-refractivity contribution in [3.05, 3.63) is 65.3 Å². The lowest BCUT2D eigenvalue weighted by Crippen LogP contribution is -2.16. The lowest BCUT2D eigenvalue weighted by molar-refractivity contribution is -0.137. The molecule has 0 aliphatic heterocycles. The van der Waals surface area contributed by atoms with Gasteiger partial charge < -0.3 is 14.9 Å². The molecular formula is C24H20ClF4N5OS. The van der Waals surface area contributed by atoms with Crippen LogP contribution in [0.25, 0.3) is 22.2 Å². The van der Waals surface area contributed by atoms with Crippen LogP contribution in [0.3, 0.4) is 0 Å². The van der Waals surface area contributed by atoms with Crippen LogP contribution in [0, 0.1) is 5.82 Å². The van der Waals surface area contributed by atoms with Gasteiger partial charge in [-0.15, -0.1) is 0 Å². The summed E-state index contributed by atoms with van der Waals surface area (Å²) in [6, 6.07) is 6.95. The monoisotopic (exact) mass is 537 g/mol. The number of nitrogens with one attached hydrogen (secondary N) is 1. The van der Waals surface area contributed by atoms with Gasteiger partial charge in [0.05, 0.1) is 16.0 Å². The summed E-state index contributed by atoms with van der Waals surface area (Å²) in [6.45, 7) is 0. The molecule has 2 heterocycles. The number of halogens is 5. The van der Waals surface area contributed by atoms with Crippen molar-refractivity contribution in [1.29, 1.82) is 0 Å². The van der Waals surface area contributed by atoms with Gasteiger partial charge in [-0.2, -0.15) is 13.2 Å². The van der Waals surface area contributed by atoms with E-state index in [1.165, 1.54) is 18.5 Å². The highest BCUT2D eigenvalue weighted by molar-refractivity contribution is 7.92. The number of alkyl halides is 3. The van der Waals surface area contributed by atoms with E-state index in [2.05, 4.69) is 19.3 Å². The van der Waals surface area contributed by atoms with E-state index in [-0.39, 0.29) is 27.5 Å². The third-order valence-electron chi connectivity index (χ3n) is 6.30. The summed E-state index contributed by atoms with van der Waals surface area (Å²) >= 11 is 3.72. The van der Waals surface area contributed by atoms with Crippen molar-refractivity contribution < 1.29 is 22.1 Å². The van der Waals surface area contributed by atoms with Crippen LogP contribution >= 0.6 is 11.6 Å². The van der Waals surface area contributed by atoms with Crippen LogP contribution in [-0.2, 0) is 17.5 Å². The molecule has 188 valence electrons. The van der Waals surface area contributed by atoms with Crippen molar-refractivity contribution in [1.82, 2.24) is 14.5 Å². The van der Waals surface area contributed by atoms with Gasteiger partial charge in [-0.25, -0.2) is 19.1 Å². The number of anilines is 2. The molecule has 4 aromatic rings. The molecule has 2 aromatic heterocycles. The summed E-state index contributed by atoms with van der Waals surface area (Å²) in [6.07, 6.45) is 2.90. The first kappa shape index (κ1) is 24.7. The Morgan fingerprint density at radius 1 is 1.11 bits per heavy atom. The van der Waals surface area contributed by atoms with Crippen molar-refractivity contribution in [2.75, 3.05) is 10.5 Å². The Bertz CT molecular complexity index is 1440. The maximum Gasteiger partial charge on any atom is 0.416 e. The summed E-state index contributed by atoms with van der Waals surface area (Å²) in [4.78, 5) is 8.20. The molecule has 1 aliphatic carbocycles. The predicted molar refractivity (Wildman–Crippen MR) is 131 cm³/mol. The average Bonchev–Trinajstić information content (AvgIpc) is 3.48. The van der Waals surface area contributed by atoms with E-state index in [0.717, 1.165) is 37.8 Å². The summed E-state index contributed by atoms with van der Waals surface area (Å²) < 4.78 is 71.5. The molecule has 0 radical (unpaired) electrons. The number of hydrogen-bond donors (Lipinski definition) is 2. The molecule has 1 unspecified atom stereocenters. The number of rotatable bonds is 5. The number of nitrogens with two attached hydrogens (primary N) is 1. The van der Waals surface area contributed by atoms with E-state index in [1.54, 1.807) is 6.07 Å². The van der Waals surface area contributed by atoms with Crippen molar-refractivity contribution in [3.8, 4) is 11.1 Å². The van der Waals surface area contributed by atoms with Crippen molar-refractivity contribution in [2.24, 2.45) is 0 Å². The van der Waals surface area contributed by atoms with Gasteiger partial charge >= 0.3 is 6.18 Å². The Morgan fingerprint density at radius 2 is 1.86 bits per heavy atom. The van der Waals surface area contributed by atoms with E-state index >= 15 is 4.39 Å². The van der Waals surface area contributed by atoms with Gasteiger partial charge in [-0.3, -0.25) is 0 Å². The topological polar surface area (TPSA) is 91.8 Å². The minimum absolute atomic E-state index is 0.138. The zero-order valence-corrected chi connectivity index (χ0v) is 20.2. The lowest BCUT2D eigenvalue weighted by atomic mass is 10.1. The number of benzene rings is 2. The van der Waals surface area contributed by atoms with Gasteiger partial charge in [0, 0.05) is 23.9 Å². The SMILES string of the molecule is Nc1ncnc2c1c(-c1ccc(N[S+]([O-])c3cc(C(F)(F)F)ccc3Cl)c(F)c1)cn2C1CCCC1. The van der Waals surface area contributed by atoms with E-state index in [9.17, 15) is 17.7 Å². The van der Waals surface area contributed by atoms with Crippen LogP contribution in [0.1, 0.15) is 37.3 Å². The van der Waals surface area contributed by atoms with E-state index < -0.39 is 28.9 Å². The Hall–Kier alpha value is -3.02. The van der Waals surface area contributed by atoms with Crippen molar-refractivity contribution >= 4 is 45.5 Å². The zero-order chi connectivity index (χ0) is 25.6. The normalized spacial score (nSPS) is 15.5. The van der Waals surface area contributed by atoms with E-state index in [1.807, 2.05) is 6.20 Å². The zero-order valence-electron chi connectivity index (χ0n) is 18.6. The summed E-state index contributed by atoms with van der Waals surface area (Å²) in [5.41, 5.74) is 6.82. The largest absolute Gasteiger partial charge is 0.588 e. The quantitative estimate of drug-likeness (QED) is 0.217. The minimum Gasteiger partial charge on any atom is -0.588 e. The second kappa shape index (κ2) is 9.45. The molecule has 0 saturated heterocycles. The van der Waals surface area contributed by atoms with Crippen LogP contribution in [0.15, 0.2) is 53.8 Å². The Morgan fingerprint density at radius 3 is 2.56 bits per heavy atom. The molecule has 36 heavy (non-hydrogen) atoms. The highest BCUT2D eigenvalue weighted by Gasteiger charge is 2.33. The number of hydrogen-bond acceptors (Lipinski definition) is 5. The molecule has 6 nitrogen and oxygen atoms in total. The molecule has 1 atom stereocenters. The van der Waals surface area contributed by atoms with Gasteiger partial charge in [0.25, 0.3) is 0 Å². The molecular weight excluding hydrogens is 518 g/mol. The maximum atomic E-state index is 15.1. The van der Waals surface area contributed by atoms with Gasteiger partial charge in [-0.1, -0.05) is 30.5 Å². The third-order valence-corrected chi connectivity index (χ3v) is 7.88. The Kier molecular flexibility index (Phi) is 6.48. The molecule has 1 saturated carbocycles. The van der Waals surface area contributed by atoms with E-state index in [4.69, 9.17) is 17.3 Å². The number of aromatic nitrogens is 3. The molecule has 0 amide bonds. The fraction of sp³-hybridized carbons (Fsp3) is 0.250. The van der Waals surface area contributed by atoms with Gasteiger partial charge in [0.15, 0.2) is 10.7 Å². The van der Waals surface area contributed by atoms with Crippen LogP contribution in [0.5, 0.6) is 0 Å². The molecule has 2 aromatic carbocycles. The van der Waals surface area contributed by atoms with Gasteiger partial charge in [0.2, 0.25) is 0 Å². The van der Waals surface area contributed by atoms with Crippen LogP contribution in [0.4, 0.5) is 29.1 Å². The van der Waals surface area contributed by atoms with Crippen LogP contribution < -0.4 is 10.5 Å². The molecule has 0 spiro atoms. The van der Waals surface area contributed by atoms with Crippen LogP contribution in [0.2, 0.25) is 5.02 Å². The smallest absolute Gasteiger partial charge is 0.416 e. The molecule has 5 rings (SSSR count). The second-order valence-electron chi connectivity index (χ2n) is 8.55. The van der Waals surface area contributed by atoms with Crippen molar-refractivity contribution in [2.45, 2.75) is 42.8 Å². The van der Waals surface area contributed by atoms with Gasteiger partial charge in [-0.05, 0) is 42.7 Å². The first-order valence-electron chi connectivity index (χ1n) is 11.1. The minimum atomic E-state index is -4.64. The molecule has 12 heteroatoms. The van der Waals surface area contributed by atoms with Gasteiger partial charge in [0.1, 0.15) is 34.8 Å². The molecule has 1 fully saturated rings. The summed E-state index contributed by atoms with van der Waals surface area (Å²) in [5.74, 6) is -0.476. The Balaban J connectivity index is 1.48. The second-order valence-corrected chi connectivity index (χ2v) is 10.1. The van der Waals surface area contributed by atoms with E-state index in [0.29, 0.717) is 28.2 Å². The fourth-order valence-electron chi connectivity index (χ4n) is 4.53. The maximum absolute atomic E-state index is 15.1. The predicted octanol–water partition coefficient (Wildman–Crippen LogP) is 6.74. The number of fused-ring (bicyclic) bond motifs is 1. The summed E-state index contributed by atoms with van der Waals surface area (Å²) in [5, 5.41) is 0.477. The first-order chi connectivity index (χ1) is 17.1. The molecule has 1 aliphatic rings. The average molecular weight is 538 g/mol. The standard InChI is InChI=1S/C24H20ClF4N5OS/c25-17-7-6-14(24(27,28)29)10-20(17)36(35)33-19-8-5-13(9-18(19)26)16-11-34(15-3-1-2-4-15)23-21(16)22(30)31-12-32-23/h5-12,15,33H,1-4H2,(H2,30,31,32). The highest BCUT2D eigenvalue weighted by atomic mass is 35.5. The molecule has 0 bridgehead atoms. The van der Waals surface area contributed by atoms with Crippen molar-refractivity contribution in [3.63, 3.8) is 0 Å². The lowest BCUT2D eigenvalue weighted by Gasteiger charge is -2.15. The highest BCUT2D eigenvalue weighted by Crippen LogP contribution is 2.40. The number of nitrogen functional groups attached to an aromatic ring is 1. The Labute approximate surface area is 211 Å². The summed E-state index contributed by atoms with van der Waals surface area (Å²) in [7, 11) is 0. The fourth-order valence-corrected chi connectivity index (χ4v) is 5.81. The first-order valence-corrected chi connectivity index (χ1v) is 12.6. The number of nitrogens with zero attached hydrogens (tertiary/aromatic N) is 3. The third kappa shape index (κ3) is 4.58.